The van der Waals surface area contributed by atoms with Crippen molar-refractivity contribution < 1.29 is 0 Å². The molecule has 0 bridgehead atoms. The van der Waals surface area contributed by atoms with Gasteiger partial charge in [0.05, 0.1) is 22.3 Å². The number of thiazole rings is 1. The van der Waals surface area contributed by atoms with Crippen molar-refractivity contribution in [2.24, 2.45) is 4.99 Å². The Hall–Kier alpha value is -2.39. The lowest BCUT2D eigenvalue weighted by molar-refractivity contribution is 0.791. The summed E-state index contributed by atoms with van der Waals surface area (Å²) in [6.45, 7) is 5.55. The van der Waals surface area contributed by atoms with Gasteiger partial charge in [0, 0.05) is 31.4 Å². The summed E-state index contributed by atoms with van der Waals surface area (Å²) in [6.07, 6.45) is 0.879. The smallest absolute Gasteiger partial charge is 0.191 e. The maximum absolute atomic E-state index is 8.92. The Labute approximate surface area is 141 Å². The highest BCUT2D eigenvalue weighted by Gasteiger charge is 2.04. The van der Waals surface area contributed by atoms with Crippen LogP contribution in [0.4, 0.5) is 0 Å². The predicted molar refractivity (Wildman–Crippen MR) is 94.7 cm³/mol. The van der Waals surface area contributed by atoms with Crippen molar-refractivity contribution in [1.82, 2.24) is 15.6 Å². The van der Waals surface area contributed by atoms with Gasteiger partial charge >= 0.3 is 0 Å². The molecule has 0 saturated carbocycles. The molecule has 1 heterocycles. The van der Waals surface area contributed by atoms with Crippen molar-refractivity contribution in [3.8, 4) is 6.07 Å². The van der Waals surface area contributed by atoms with Gasteiger partial charge in [-0.3, -0.25) is 4.99 Å². The number of nitrogens with zero attached hydrogens (tertiary/aromatic N) is 3. The summed E-state index contributed by atoms with van der Waals surface area (Å²) in [5, 5.41) is 16.6. The molecule has 0 aliphatic heterocycles. The van der Waals surface area contributed by atoms with Crippen molar-refractivity contribution in [3.05, 3.63) is 51.0 Å². The minimum atomic E-state index is 0.630. The van der Waals surface area contributed by atoms with Gasteiger partial charge in [0.15, 0.2) is 5.96 Å². The van der Waals surface area contributed by atoms with Crippen LogP contribution in [-0.2, 0) is 13.0 Å². The van der Waals surface area contributed by atoms with E-state index in [0.29, 0.717) is 12.1 Å². The van der Waals surface area contributed by atoms with Crippen LogP contribution in [0.2, 0.25) is 0 Å². The summed E-state index contributed by atoms with van der Waals surface area (Å²) in [4.78, 5) is 10.0. The molecule has 5 nitrogen and oxygen atoms in total. The van der Waals surface area contributed by atoms with E-state index in [2.05, 4.69) is 33.6 Å². The summed E-state index contributed by atoms with van der Waals surface area (Å²) in [5.41, 5.74) is 2.84. The standard InChI is InChI=1S/C17H21N5S/c1-12-13(2)23-16(22-12)7-8-20-17(19-3)21-11-15-6-4-5-14(9-15)10-18/h4-6,9H,7-8,11H2,1-3H3,(H2,19,20,21). The summed E-state index contributed by atoms with van der Waals surface area (Å²) in [7, 11) is 1.75. The van der Waals surface area contributed by atoms with E-state index >= 15 is 0 Å². The highest BCUT2D eigenvalue weighted by atomic mass is 32.1. The third-order valence-electron chi connectivity index (χ3n) is 3.44. The molecule has 0 atom stereocenters. The van der Waals surface area contributed by atoms with E-state index < -0.39 is 0 Å². The molecule has 0 saturated heterocycles. The fraction of sp³-hybridized carbons (Fsp3) is 0.353. The molecule has 2 N–H and O–H groups in total. The molecule has 23 heavy (non-hydrogen) atoms. The van der Waals surface area contributed by atoms with Crippen LogP contribution in [0.15, 0.2) is 29.3 Å². The fourth-order valence-electron chi connectivity index (χ4n) is 2.09. The van der Waals surface area contributed by atoms with Crippen LogP contribution in [0.3, 0.4) is 0 Å². The van der Waals surface area contributed by atoms with E-state index in [4.69, 9.17) is 5.26 Å². The second kappa shape index (κ2) is 8.30. The van der Waals surface area contributed by atoms with Gasteiger partial charge in [-0.25, -0.2) is 4.98 Å². The minimum Gasteiger partial charge on any atom is -0.356 e. The Morgan fingerprint density at radius 2 is 2.17 bits per heavy atom. The lowest BCUT2D eigenvalue weighted by atomic mass is 10.1. The quantitative estimate of drug-likeness (QED) is 0.654. The maximum Gasteiger partial charge on any atom is 0.191 e. The molecular formula is C17H21N5S. The number of aromatic nitrogens is 1. The van der Waals surface area contributed by atoms with Crippen LogP contribution in [0, 0.1) is 25.2 Å². The zero-order chi connectivity index (χ0) is 16.7. The molecule has 2 rings (SSSR count). The van der Waals surface area contributed by atoms with Gasteiger partial charge in [-0.05, 0) is 31.5 Å². The summed E-state index contributed by atoms with van der Waals surface area (Å²) < 4.78 is 0. The first-order valence-electron chi connectivity index (χ1n) is 7.49. The van der Waals surface area contributed by atoms with Crippen LogP contribution in [0.5, 0.6) is 0 Å². The number of hydrogen-bond donors (Lipinski definition) is 2. The number of hydrogen-bond acceptors (Lipinski definition) is 4. The van der Waals surface area contributed by atoms with E-state index in [-0.39, 0.29) is 0 Å². The third kappa shape index (κ3) is 5.08. The van der Waals surface area contributed by atoms with Gasteiger partial charge in [-0.1, -0.05) is 12.1 Å². The SMILES string of the molecule is CN=C(NCCc1nc(C)c(C)s1)NCc1cccc(C#N)c1. The van der Waals surface area contributed by atoms with Crippen molar-refractivity contribution in [2.45, 2.75) is 26.8 Å². The summed E-state index contributed by atoms with van der Waals surface area (Å²) >= 11 is 1.75. The number of guanidine groups is 1. The average Bonchev–Trinajstić information content (AvgIpc) is 2.89. The van der Waals surface area contributed by atoms with E-state index in [1.54, 1.807) is 24.5 Å². The van der Waals surface area contributed by atoms with Crippen molar-refractivity contribution in [3.63, 3.8) is 0 Å². The van der Waals surface area contributed by atoms with E-state index in [9.17, 15) is 0 Å². The number of aliphatic imine (C=N–C) groups is 1. The van der Waals surface area contributed by atoms with Gasteiger partial charge in [0.1, 0.15) is 0 Å². The van der Waals surface area contributed by atoms with Crippen molar-refractivity contribution in [1.29, 1.82) is 5.26 Å². The normalized spacial score (nSPS) is 11.1. The van der Waals surface area contributed by atoms with Crippen LogP contribution < -0.4 is 10.6 Å². The van der Waals surface area contributed by atoms with Gasteiger partial charge < -0.3 is 10.6 Å². The van der Waals surface area contributed by atoms with Gasteiger partial charge in [0.25, 0.3) is 0 Å². The molecule has 120 valence electrons. The molecule has 0 fully saturated rings. The number of nitrogens with one attached hydrogen (secondary N) is 2. The highest BCUT2D eigenvalue weighted by Crippen LogP contribution is 2.16. The lowest BCUT2D eigenvalue weighted by Crippen LogP contribution is -2.37. The molecule has 0 spiro atoms. The van der Waals surface area contributed by atoms with E-state index in [1.165, 1.54) is 4.88 Å². The molecule has 1 aromatic heterocycles. The third-order valence-corrected chi connectivity index (χ3v) is 4.58. The van der Waals surface area contributed by atoms with Crippen LogP contribution in [0.1, 0.15) is 26.7 Å². The first-order valence-corrected chi connectivity index (χ1v) is 8.30. The monoisotopic (exact) mass is 327 g/mol. The van der Waals surface area contributed by atoms with Crippen LogP contribution >= 0.6 is 11.3 Å². The molecular weight excluding hydrogens is 306 g/mol. The molecule has 6 heteroatoms. The van der Waals surface area contributed by atoms with Crippen molar-refractivity contribution >= 4 is 17.3 Å². The van der Waals surface area contributed by atoms with Crippen molar-refractivity contribution in [2.75, 3.05) is 13.6 Å². The topological polar surface area (TPSA) is 73.1 Å². The van der Waals surface area contributed by atoms with E-state index in [0.717, 1.165) is 35.2 Å². The number of benzene rings is 1. The molecule has 1 aromatic carbocycles. The molecule has 2 aromatic rings. The summed E-state index contributed by atoms with van der Waals surface area (Å²) in [6, 6.07) is 9.70. The molecule has 0 aliphatic rings. The number of rotatable bonds is 5. The average molecular weight is 327 g/mol. The van der Waals surface area contributed by atoms with E-state index in [1.807, 2.05) is 25.1 Å². The molecule has 0 radical (unpaired) electrons. The Morgan fingerprint density at radius 3 is 2.83 bits per heavy atom. The fourth-order valence-corrected chi connectivity index (χ4v) is 3.02. The van der Waals surface area contributed by atoms with Crippen LogP contribution in [-0.4, -0.2) is 24.5 Å². The largest absolute Gasteiger partial charge is 0.356 e. The van der Waals surface area contributed by atoms with Gasteiger partial charge in [-0.15, -0.1) is 11.3 Å². The minimum absolute atomic E-state index is 0.630. The number of aryl methyl sites for hydroxylation is 2. The van der Waals surface area contributed by atoms with Crippen LogP contribution in [0.25, 0.3) is 0 Å². The second-order valence-electron chi connectivity index (χ2n) is 5.16. The second-order valence-corrected chi connectivity index (χ2v) is 6.45. The highest BCUT2D eigenvalue weighted by molar-refractivity contribution is 7.11. The lowest BCUT2D eigenvalue weighted by Gasteiger charge is -2.11. The van der Waals surface area contributed by atoms with Gasteiger partial charge in [0.2, 0.25) is 0 Å². The maximum atomic E-state index is 8.92. The Morgan fingerprint density at radius 1 is 1.35 bits per heavy atom. The molecule has 0 aliphatic carbocycles. The Kier molecular flexibility index (Phi) is 6.12. The molecule has 0 amide bonds. The first kappa shape index (κ1) is 17.0. The Bertz CT molecular complexity index is 707. The van der Waals surface area contributed by atoms with Gasteiger partial charge in [-0.2, -0.15) is 5.26 Å². The first-order chi connectivity index (χ1) is 11.1. The molecule has 0 unspecified atom stereocenters. The summed E-state index contributed by atoms with van der Waals surface area (Å²) in [5.74, 6) is 0.748. The number of nitriles is 1. The zero-order valence-corrected chi connectivity index (χ0v) is 14.5. The predicted octanol–water partition coefficient (Wildman–Crippen LogP) is 2.54. The zero-order valence-electron chi connectivity index (χ0n) is 13.7. The Balaban J connectivity index is 1.80.